The summed E-state index contributed by atoms with van der Waals surface area (Å²) in [6.07, 6.45) is 0. The number of carbonyl (C=O) groups excluding carboxylic acids is 1. The van der Waals surface area contributed by atoms with Crippen molar-refractivity contribution in [3.05, 3.63) is 23.8 Å². The summed E-state index contributed by atoms with van der Waals surface area (Å²) in [6, 6.07) is 5.48. The maximum absolute atomic E-state index is 11.8. The van der Waals surface area contributed by atoms with Gasteiger partial charge in [0.2, 0.25) is 5.91 Å². The van der Waals surface area contributed by atoms with Gasteiger partial charge in [0.05, 0.1) is 0 Å². The van der Waals surface area contributed by atoms with Crippen LogP contribution in [0.15, 0.2) is 23.1 Å². The zero-order valence-electron chi connectivity index (χ0n) is 12.0. The van der Waals surface area contributed by atoms with Gasteiger partial charge in [-0.25, -0.2) is 0 Å². The lowest BCUT2D eigenvalue weighted by atomic mass is 10.1. The van der Waals surface area contributed by atoms with E-state index < -0.39 is 0 Å². The molecule has 0 aliphatic carbocycles. The SMILES string of the molecule is CCNC(=O)C(C)Nc1cccc(SCC)c1C(N)=S. The predicted octanol–water partition coefficient (Wildman–Crippen LogP) is 2.37. The molecule has 0 saturated heterocycles. The largest absolute Gasteiger partial charge is 0.389 e. The normalized spacial score (nSPS) is 11.8. The van der Waals surface area contributed by atoms with Crippen LogP contribution in [0.3, 0.4) is 0 Å². The van der Waals surface area contributed by atoms with Crippen molar-refractivity contribution in [1.82, 2.24) is 5.32 Å². The zero-order chi connectivity index (χ0) is 15.1. The first-order valence-electron chi connectivity index (χ1n) is 6.61. The molecule has 0 aromatic heterocycles. The van der Waals surface area contributed by atoms with Crippen LogP contribution in [0.4, 0.5) is 5.69 Å². The molecule has 1 unspecified atom stereocenters. The zero-order valence-corrected chi connectivity index (χ0v) is 13.7. The van der Waals surface area contributed by atoms with Gasteiger partial charge in [0.15, 0.2) is 0 Å². The van der Waals surface area contributed by atoms with Crippen LogP contribution in [-0.2, 0) is 4.79 Å². The first-order chi connectivity index (χ1) is 9.51. The molecule has 1 amide bonds. The van der Waals surface area contributed by atoms with Crippen molar-refractivity contribution in [2.24, 2.45) is 5.73 Å². The number of nitrogens with two attached hydrogens (primary N) is 1. The second-order valence-electron chi connectivity index (χ2n) is 4.24. The van der Waals surface area contributed by atoms with E-state index in [1.54, 1.807) is 11.8 Å². The minimum absolute atomic E-state index is 0.0464. The fourth-order valence-electron chi connectivity index (χ4n) is 1.81. The van der Waals surface area contributed by atoms with Crippen LogP contribution >= 0.6 is 24.0 Å². The Balaban J connectivity index is 3.02. The number of benzene rings is 1. The van der Waals surface area contributed by atoms with Gasteiger partial charge in [-0.1, -0.05) is 25.2 Å². The number of likely N-dealkylation sites (N-methyl/N-ethyl adjacent to an activating group) is 1. The van der Waals surface area contributed by atoms with E-state index in [-0.39, 0.29) is 11.9 Å². The minimum Gasteiger partial charge on any atom is -0.389 e. The van der Waals surface area contributed by atoms with Gasteiger partial charge in [-0.05, 0) is 31.7 Å². The van der Waals surface area contributed by atoms with Crippen molar-refractivity contribution >= 4 is 40.6 Å². The molecule has 4 nitrogen and oxygen atoms in total. The Morgan fingerprint density at radius 2 is 2.15 bits per heavy atom. The molecule has 0 aliphatic heterocycles. The third-order valence-corrected chi connectivity index (χ3v) is 3.83. The van der Waals surface area contributed by atoms with Crippen molar-refractivity contribution in [2.45, 2.75) is 31.7 Å². The molecule has 4 N–H and O–H groups in total. The Morgan fingerprint density at radius 3 is 2.70 bits per heavy atom. The van der Waals surface area contributed by atoms with Crippen LogP contribution in [0.2, 0.25) is 0 Å². The van der Waals surface area contributed by atoms with Crippen LogP contribution in [0.5, 0.6) is 0 Å². The molecule has 1 atom stereocenters. The Bertz CT molecular complexity index is 491. The molecule has 1 aromatic rings. The standard InChI is InChI=1S/C14H21N3OS2/c1-4-16-14(18)9(3)17-10-7-6-8-11(20-5-2)12(10)13(15)19/h6-9,17H,4-5H2,1-3H3,(H2,15,19)(H,16,18). The maximum atomic E-state index is 11.8. The van der Waals surface area contributed by atoms with Crippen LogP contribution in [-0.4, -0.2) is 29.2 Å². The van der Waals surface area contributed by atoms with Crippen molar-refractivity contribution in [1.29, 1.82) is 0 Å². The lowest BCUT2D eigenvalue weighted by molar-refractivity contribution is -0.121. The molecular formula is C14H21N3OS2. The highest BCUT2D eigenvalue weighted by atomic mass is 32.2. The van der Waals surface area contributed by atoms with Gasteiger partial charge in [-0.3, -0.25) is 4.79 Å². The summed E-state index contributed by atoms with van der Waals surface area (Å²) in [4.78, 5) is 13.2. The molecule has 0 spiro atoms. The van der Waals surface area contributed by atoms with Crippen molar-refractivity contribution in [3.8, 4) is 0 Å². The van der Waals surface area contributed by atoms with E-state index in [0.717, 1.165) is 21.9 Å². The molecule has 110 valence electrons. The summed E-state index contributed by atoms with van der Waals surface area (Å²) >= 11 is 6.83. The van der Waals surface area contributed by atoms with Gasteiger partial charge in [0, 0.05) is 22.7 Å². The van der Waals surface area contributed by atoms with Crippen molar-refractivity contribution in [3.63, 3.8) is 0 Å². The van der Waals surface area contributed by atoms with Crippen LogP contribution in [0, 0.1) is 0 Å². The number of nitrogens with one attached hydrogen (secondary N) is 2. The lowest BCUT2D eigenvalue weighted by Crippen LogP contribution is -2.37. The minimum atomic E-state index is -0.343. The van der Waals surface area contributed by atoms with Gasteiger partial charge in [0.25, 0.3) is 0 Å². The molecule has 0 heterocycles. The van der Waals surface area contributed by atoms with Crippen LogP contribution < -0.4 is 16.4 Å². The third-order valence-electron chi connectivity index (χ3n) is 2.69. The number of hydrogen-bond donors (Lipinski definition) is 3. The topological polar surface area (TPSA) is 67.2 Å². The van der Waals surface area contributed by atoms with Crippen molar-refractivity contribution in [2.75, 3.05) is 17.6 Å². The number of carbonyl (C=O) groups is 1. The first kappa shape index (κ1) is 16.8. The van der Waals surface area contributed by atoms with E-state index in [4.69, 9.17) is 18.0 Å². The fraction of sp³-hybridized carbons (Fsp3) is 0.429. The smallest absolute Gasteiger partial charge is 0.242 e. The second kappa shape index (κ2) is 8.11. The fourth-order valence-corrected chi connectivity index (χ4v) is 2.94. The van der Waals surface area contributed by atoms with Crippen LogP contribution in [0.1, 0.15) is 26.3 Å². The highest BCUT2D eigenvalue weighted by Gasteiger charge is 2.16. The van der Waals surface area contributed by atoms with E-state index in [0.29, 0.717) is 11.5 Å². The average Bonchev–Trinajstić information content (AvgIpc) is 2.39. The van der Waals surface area contributed by atoms with E-state index in [1.807, 2.05) is 32.0 Å². The summed E-state index contributed by atoms with van der Waals surface area (Å²) in [6.45, 7) is 6.39. The number of hydrogen-bond acceptors (Lipinski definition) is 4. The number of rotatable bonds is 7. The van der Waals surface area contributed by atoms with Crippen molar-refractivity contribution < 1.29 is 4.79 Å². The van der Waals surface area contributed by atoms with Gasteiger partial charge >= 0.3 is 0 Å². The lowest BCUT2D eigenvalue weighted by Gasteiger charge is -2.19. The predicted molar refractivity (Wildman–Crippen MR) is 90.5 cm³/mol. The average molecular weight is 311 g/mol. The molecular weight excluding hydrogens is 290 g/mol. The summed E-state index contributed by atoms with van der Waals surface area (Å²) in [5.41, 5.74) is 7.45. The molecule has 1 aromatic carbocycles. The first-order valence-corrected chi connectivity index (χ1v) is 8.00. The second-order valence-corrected chi connectivity index (χ2v) is 5.98. The molecule has 20 heavy (non-hydrogen) atoms. The molecule has 1 rings (SSSR count). The molecule has 0 aliphatic rings. The summed E-state index contributed by atoms with van der Waals surface area (Å²) < 4.78 is 0. The van der Waals surface area contributed by atoms with E-state index in [1.165, 1.54) is 0 Å². The third kappa shape index (κ3) is 4.38. The summed E-state index contributed by atoms with van der Waals surface area (Å²) in [7, 11) is 0. The quantitative estimate of drug-likeness (QED) is 0.533. The maximum Gasteiger partial charge on any atom is 0.242 e. The Hall–Kier alpha value is -1.27. The Kier molecular flexibility index (Phi) is 6.81. The summed E-state index contributed by atoms with van der Waals surface area (Å²) in [5.74, 6) is 0.889. The van der Waals surface area contributed by atoms with Gasteiger partial charge in [0.1, 0.15) is 11.0 Å². The van der Waals surface area contributed by atoms with Gasteiger partial charge < -0.3 is 16.4 Å². The highest BCUT2D eigenvalue weighted by Crippen LogP contribution is 2.28. The van der Waals surface area contributed by atoms with Gasteiger partial charge in [-0.15, -0.1) is 11.8 Å². The monoisotopic (exact) mass is 311 g/mol. The highest BCUT2D eigenvalue weighted by molar-refractivity contribution is 7.99. The van der Waals surface area contributed by atoms with E-state index >= 15 is 0 Å². The molecule has 0 bridgehead atoms. The van der Waals surface area contributed by atoms with E-state index in [2.05, 4.69) is 17.6 Å². The molecule has 0 fully saturated rings. The summed E-state index contributed by atoms with van der Waals surface area (Å²) in [5, 5.41) is 5.97. The molecule has 0 saturated carbocycles. The Morgan fingerprint density at radius 1 is 1.45 bits per heavy atom. The Labute approximate surface area is 129 Å². The van der Waals surface area contributed by atoms with Gasteiger partial charge in [-0.2, -0.15) is 0 Å². The number of anilines is 1. The number of thioether (sulfide) groups is 1. The molecule has 0 radical (unpaired) electrons. The number of thiocarbonyl (C=S) groups is 1. The van der Waals surface area contributed by atoms with Crippen LogP contribution in [0.25, 0.3) is 0 Å². The molecule has 6 heteroatoms. The number of amides is 1. The van der Waals surface area contributed by atoms with E-state index in [9.17, 15) is 4.79 Å².